The minimum absolute atomic E-state index is 0.144. The van der Waals surface area contributed by atoms with E-state index in [-0.39, 0.29) is 6.04 Å². The van der Waals surface area contributed by atoms with Gasteiger partial charge in [0, 0.05) is 12.6 Å². The molecule has 0 spiro atoms. The number of rotatable bonds is 2. The molecule has 84 valence electrons. The molecule has 1 atom stereocenters. The van der Waals surface area contributed by atoms with Crippen LogP contribution in [0.15, 0.2) is 21.7 Å². The first kappa shape index (κ1) is 11.1. The Labute approximate surface area is 94.8 Å². The van der Waals surface area contributed by atoms with Gasteiger partial charge in [0.2, 0.25) is 0 Å². The molecule has 0 aromatic carbocycles. The van der Waals surface area contributed by atoms with Crippen LogP contribution in [0.25, 0.3) is 0 Å². The molecule has 0 saturated carbocycles. The maximum Gasteiger partial charge on any atom is 0.252 e. The SMILES string of the molecule is CC1CCCCN1S(=O)(=O)c1cccs1. The second-order valence-corrected chi connectivity index (χ2v) is 6.96. The van der Waals surface area contributed by atoms with E-state index in [1.807, 2.05) is 12.3 Å². The van der Waals surface area contributed by atoms with Crippen molar-refractivity contribution in [2.45, 2.75) is 36.4 Å². The van der Waals surface area contributed by atoms with Crippen LogP contribution in [0.4, 0.5) is 0 Å². The second kappa shape index (κ2) is 4.23. The quantitative estimate of drug-likeness (QED) is 0.802. The molecule has 0 aliphatic carbocycles. The van der Waals surface area contributed by atoms with E-state index < -0.39 is 10.0 Å². The molecule has 1 aliphatic heterocycles. The van der Waals surface area contributed by atoms with Gasteiger partial charge in [0.15, 0.2) is 0 Å². The van der Waals surface area contributed by atoms with Crippen LogP contribution in [0.1, 0.15) is 26.2 Å². The molecule has 1 aromatic rings. The van der Waals surface area contributed by atoms with Crippen molar-refractivity contribution in [1.82, 2.24) is 4.31 Å². The summed E-state index contributed by atoms with van der Waals surface area (Å²) in [6, 6.07) is 3.61. The molecule has 1 saturated heterocycles. The van der Waals surface area contributed by atoms with Gasteiger partial charge in [-0.2, -0.15) is 4.31 Å². The van der Waals surface area contributed by atoms with Gasteiger partial charge in [-0.25, -0.2) is 8.42 Å². The lowest BCUT2D eigenvalue weighted by molar-refractivity contribution is 0.269. The molecule has 3 nitrogen and oxygen atoms in total. The maximum atomic E-state index is 12.2. The standard InChI is InChI=1S/C10H15NO2S2/c1-9-5-2-3-7-11(9)15(12,13)10-6-4-8-14-10/h4,6,8-9H,2-3,5,7H2,1H3. The Balaban J connectivity index is 2.29. The van der Waals surface area contributed by atoms with Gasteiger partial charge in [0.25, 0.3) is 10.0 Å². The van der Waals surface area contributed by atoms with Crippen molar-refractivity contribution in [2.75, 3.05) is 6.54 Å². The first-order valence-electron chi connectivity index (χ1n) is 5.18. The third kappa shape index (κ3) is 2.09. The molecular formula is C10H15NO2S2. The maximum absolute atomic E-state index is 12.2. The zero-order valence-electron chi connectivity index (χ0n) is 8.72. The Morgan fingerprint density at radius 2 is 2.27 bits per heavy atom. The highest BCUT2D eigenvalue weighted by Gasteiger charge is 2.31. The van der Waals surface area contributed by atoms with Crippen molar-refractivity contribution >= 4 is 21.4 Å². The van der Waals surface area contributed by atoms with Gasteiger partial charge in [-0.1, -0.05) is 12.5 Å². The van der Waals surface area contributed by atoms with E-state index in [0.717, 1.165) is 19.3 Å². The Hall–Kier alpha value is -0.390. The topological polar surface area (TPSA) is 37.4 Å². The van der Waals surface area contributed by atoms with Gasteiger partial charge >= 0.3 is 0 Å². The van der Waals surface area contributed by atoms with Gasteiger partial charge in [0.05, 0.1) is 0 Å². The Kier molecular flexibility index (Phi) is 3.13. The van der Waals surface area contributed by atoms with Crippen molar-refractivity contribution in [3.05, 3.63) is 17.5 Å². The number of piperidine rings is 1. The molecule has 15 heavy (non-hydrogen) atoms. The Bertz CT molecular complexity index is 411. The van der Waals surface area contributed by atoms with Crippen molar-refractivity contribution in [3.8, 4) is 0 Å². The van der Waals surface area contributed by atoms with Crippen molar-refractivity contribution in [3.63, 3.8) is 0 Å². The summed E-state index contributed by atoms with van der Waals surface area (Å²) in [6.07, 6.45) is 3.09. The zero-order valence-corrected chi connectivity index (χ0v) is 10.4. The first-order valence-corrected chi connectivity index (χ1v) is 7.49. The number of nitrogens with zero attached hydrogens (tertiary/aromatic N) is 1. The van der Waals surface area contributed by atoms with Crippen molar-refractivity contribution in [2.24, 2.45) is 0 Å². The van der Waals surface area contributed by atoms with E-state index in [4.69, 9.17) is 0 Å². The minimum atomic E-state index is -3.22. The van der Waals surface area contributed by atoms with E-state index in [1.165, 1.54) is 11.3 Å². The van der Waals surface area contributed by atoms with E-state index in [1.54, 1.807) is 16.4 Å². The summed E-state index contributed by atoms with van der Waals surface area (Å²) in [5.41, 5.74) is 0. The van der Waals surface area contributed by atoms with Crippen molar-refractivity contribution in [1.29, 1.82) is 0 Å². The average molecular weight is 245 g/mol. The molecule has 0 amide bonds. The van der Waals surface area contributed by atoms with Gasteiger partial charge in [-0.3, -0.25) is 0 Å². The number of thiophene rings is 1. The van der Waals surface area contributed by atoms with Crippen molar-refractivity contribution < 1.29 is 8.42 Å². The average Bonchev–Trinajstić information content (AvgIpc) is 2.71. The summed E-state index contributed by atoms with van der Waals surface area (Å²) < 4.78 is 26.5. The summed E-state index contributed by atoms with van der Waals surface area (Å²) in [7, 11) is -3.22. The van der Waals surface area contributed by atoms with Crippen LogP contribution in [0.5, 0.6) is 0 Å². The highest BCUT2D eigenvalue weighted by atomic mass is 32.2. The summed E-state index contributed by atoms with van der Waals surface area (Å²) >= 11 is 1.30. The molecule has 1 aromatic heterocycles. The third-order valence-corrected chi connectivity index (χ3v) is 6.19. The van der Waals surface area contributed by atoms with E-state index >= 15 is 0 Å². The fraction of sp³-hybridized carbons (Fsp3) is 0.600. The molecule has 0 bridgehead atoms. The van der Waals surface area contributed by atoms with E-state index in [2.05, 4.69) is 0 Å². The molecule has 1 fully saturated rings. The first-order chi connectivity index (χ1) is 7.12. The third-order valence-electron chi connectivity index (χ3n) is 2.80. The second-order valence-electron chi connectivity index (χ2n) is 3.89. The molecule has 0 radical (unpaired) electrons. The highest BCUT2D eigenvalue weighted by molar-refractivity contribution is 7.91. The summed E-state index contributed by atoms with van der Waals surface area (Å²) in [4.78, 5) is 0. The number of hydrogen-bond donors (Lipinski definition) is 0. The fourth-order valence-electron chi connectivity index (χ4n) is 1.95. The predicted molar refractivity (Wildman–Crippen MR) is 61.5 cm³/mol. The normalized spacial score (nSPS) is 24.2. The van der Waals surface area contributed by atoms with Crippen LogP contribution in [-0.2, 0) is 10.0 Å². The van der Waals surface area contributed by atoms with E-state index in [0.29, 0.717) is 10.8 Å². The molecular weight excluding hydrogens is 230 g/mol. The summed E-state index contributed by atoms with van der Waals surface area (Å²) in [5, 5.41) is 1.81. The minimum Gasteiger partial charge on any atom is -0.206 e. The molecule has 5 heteroatoms. The fourth-order valence-corrected chi connectivity index (χ4v) is 4.77. The van der Waals surface area contributed by atoms with Gasteiger partial charge in [-0.05, 0) is 31.2 Å². The van der Waals surface area contributed by atoms with E-state index in [9.17, 15) is 8.42 Å². The van der Waals surface area contributed by atoms with Crippen LogP contribution >= 0.6 is 11.3 Å². The monoisotopic (exact) mass is 245 g/mol. The van der Waals surface area contributed by atoms with Crippen LogP contribution in [0.2, 0.25) is 0 Å². The lowest BCUT2D eigenvalue weighted by Gasteiger charge is -2.31. The number of hydrogen-bond acceptors (Lipinski definition) is 3. The van der Waals surface area contributed by atoms with Crippen LogP contribution in [0.3, 0.4) is 0 Å². The molecule has 1 unspecified atom stereocenters. The molecule has 2 heterocycles. The number of sulfonamides is 1. The van der Waals surface area contributed by atoms with Gasteiger partial charge in [-0.15, -0.1) is 11.3 Å². The Morgan fingerprint density at radius 1 is 1.47 bits per heavy atom. The Morgan fingerprint density at radius 3 is 2.87 bits per heavy atom. The smallest absolute Gasteiger partial charge is 0.206 e. The van der Waals surface area contributed by atoms with Crippen LogP contribution < -0.4 is 0 Å². The predicted octanol–water partition coefficient (Wildman–Crippen LogP) is 2.31. The lowest BCUT2D eigenvalue weighted by atomic mass is 10.1. The lowest BCUT2D eigenvalue weighted by Crippen LogP contribution is -2.41. The van der Waals surface area contributed by atoms with Crippen LogP contribution in [-0.4, -0.2) is 25.3 Å². The van der Waals surface area contributed by atoms with Crippen LogP contribution in [0, 0.1) is 0 Å². The molecule has 2 rings (SSSR count). The molecule has 0 N–H and O–H groups in total. The largest absolute Gasteiger partial charge is 0.252 e. The molecule has 1 aliphatic rings. The summed E-state index contributed by atoms with van der Waals surface area (Å²) in [6.45, 7) is 2.66. The summed E-state index contributed by atoms with van der Waals surface area (Å²) in [5.74, 6) is 0. The van der Waals surface area contributed by atoms with Gasteiger partial charge < -0.3 is 0 Å². The highest BCUT2D eigenvalue weighted by Crippen LogP contribution is 2.27. The zero-order chi connectivity index (χ0) is 10.9. The van der Waals surface area contributed by atoms with Gasteiger partial charge in [0.1, 0.15) is 4.21 Å².